The Morgan fingerprint density at radius 3 is 2.46 bits per heavy atom. The third-order valence-electron chi connectivity index (χ3n) is 3.45. The van der Waals surface area contributed by atoms with Gasteiger partial charge in [0.15, 0.2) is 5.69 Å². The second kappa shape index (κ2) is 8.05. The van der Waals surface area contributed by atoms with Crippen LogP contribution in [0.2, 0.25) is 0 Å². The lowest BCUT2D eigenvalue weighted by Gasteiger charge is -2.22. The van der Waals surface area contributed by atoms with E-state index in [9.17, 15) is 23.1 Å². The molecule has 1 aromatic carbocycles. The van der Waals surface area contributed by atoms with Crippen LogP contribution in [0.4, 0.5) is 19.0 Å². The lowest BCUT2D eigenvalue weighted by atomic mass is 10.2. The molecule has 1 unspecified atom stereocenters. The van der Waals surface area contributed by atoms with E-state index in [0.717, 1.165) is 12.1 Å². The molecule has 9 heteroatoms. The van der Waals surface area contributed by atoms with Crippen LogP contribution in [-0.4, -0.2) is 47.5 Å². The number of benzene rings is 1. The Balaban J connectivity index is 1.89. The number of hydrogen-bond donors (Lipinski definition) is 2. The summed E-state index contributed by atoms with van der Waals surface area (Å²) < 4.78 is 42.7. The van der Waals surface area contributed by atoms with Gasteiger partial charge in [-0.1, -0.05) is 6.07 Å². The lowest BCUT2D eigenvalue weighted by molar-refractivity contribution is -0.137. The van der Waals surface area contributed by atoms with E-state index in [2.05, 4.69) is 4.98 Å². The number of hydrogen-bond acceptors (Lipinski definition) is 5. The van der Waals surface area contributed by atoms with Crippen LogP contribution in [0, 0.1) is 0 Å². The molecule has 1 aromatic heterocycles. The molecule has 140 valence electrons. The van der Waals surface area contributed by atoms with Gasteiger partial charge in [0, 0.05) is 13.6 Å². The minimum absolute atomic E-state index is 0.0940. The zero-order valence-electron chi connectivity index (χ0n) is 13.8. The van der Waals surface area contributed by atoms with Crippen molar-refractivity contribution in [2.45, 2.75) is 12.3 Å². The highest BCUT2D eigenvalue weighted by Crippen LogP contribution is 2.30. The standard InChI is InChI=1S/C17H17F3N2O4/c1-22(15-4-2-3-14(21-15)16(24)25)9-12(23)10-26-13-7-5-11(6-8-13)17(18,19)20/h2-8,12,23H,9-10H2,1H3,(H,24,25). The number of pyridine rings is 1. The number of likely N-dealkylation sites (N-methyl/N-ethyl adjacent to an activating group) is 1. The minimum Gasteiger partial charge on any atom is -0.491 e. The summed E-state index contributed by atoms with van der Waals surface area (Å²) in [4.78, 5) is 16.4. The predicted molar refractivity (Wildman–Crippen MR) is 87.4 cm³/mol. The molecule has 2 rings (SSSR count). The molecular weight excluding hydrogens is 353 g/mol. The summed E-state index contributed by atoms with van der Waals surface area (Å²) >= 11 is 0. The molecule has 0 saturated heterocycles. The molecule has 26 heavy (non-hydrogen) atoms. The van der Waals surface area contributed by atoms with Crippen LogP contribution in [0.5, 0.6) is 5.75 Å². The number of anilines is 1. The monoisotopic (exact) mass is 370 g/mol. The van der Waals surface area contributed by atoms with Crippen molar-refractivity contribution in [3.8, 4) is 5.75 Å². The van der Waals surface area contributed by atoms with E-state index in [1.54, 1.807) is 18.0 Å². The molecule has 6 nitrogen and oxygen atoms in total. The largest absolute Gasteiger partial charge is 0.491 e. The van der Waals surface area contributed by atoms with Gasteiger partial charge >= 0.3 is 12.1 Å². The molecule has 0 radical (unpaired) electrons. The smallest absolute Gasteiger partial charge is 0.416 e. The second-order valence-corrected chi connectivity index (χ2v) is 5.55. The highest BCUT2D eigenvalue weighted by Gasteiger charge is 2.30. The van der Waals surface area contributed by atoms with Crippen LogP contribution in [0.1, 0.15) is 16.1 Å². The Labute approximate surface area is 147 Å². The van der Waals surface area contributed by atoms with Crippen molar-refractivity contribution in [2.75, 3.05) is 25.1 Å². The van der Waals surface area contributed by atoms with Gasteiger partial charge < -0.3 is 19.8 Å². The number of aromatic carboxylic acids is 1. The molecule has 0 spiro atoms. The predicted octanol–water partition coefficient (Wildman–Crippen LogP) is 2.67. The lowest BCUT2D eigenvalue weighted by Crippen LogP contribution is -2.33. The van der Waals surface area contributed by atoms with Gasteiger partial charge in [0.25, 0.3) is 0 Å². The van der Waals surface area contributed by atoms with E-state index in [4.69, 9.17) is 9.84 Å². The topological polar surface area (TPSA) is 82.9 Å². The SMILES string of the molecule is CN(CC(O)COc1ccc(C(F)(F)F)cc1)c1cccc(C(=O)O)n1. The van der Waals surface area contributed by atoms with E-state index in [1.165, 1.54) is 24.3 Å². The molecule has 0 aliphatic heterocycles. The number of halogens is 3. The molecule has 1 heterocycles. The summed E-state index contributed by atoms with van der Waals surface area (Å²) in [6, 6.07) is 8.63. The molecular formula is C17H17F3N2O4. The van der Waals surface area contributed by atoms with Crippen LogP contribution < -0.4 is 9.64 Å². The number of aromatic nitrogens is 1. The molecule has 1 atom stereocenters. The van der Waals surface area contributed by atoms with Gasteiger partial charge in [-0.25, -0.2) is 9.78 Å². The highest BCUT2D eigenvalue weighted by molar-refractivity contribution is 5.85. The third-order valence-corrected chi connectivity index (χ3v) is 3.45. The van der Waals surface area contributed by atoms with Gasteiger partial charge in [-0.05, 0) is 36.4 Å². The number of nitrogens with zero attached hydrogens (tertiary/aromatic N) is 2. The average Bonchev–Trinajstić information content (AvgIpc) is 2.59. The zero-order chi connectivity index (χ0) is 19.3. The molecule has 0 bridgehead atoms. The van der Waals surface area contributed by atoms with Gasteiger partial charge in [-0.15, -0.1) is 0 Å². The Morgan fingerprint density at radius 2 is 1.88 bits per heavy atom. The fraction of sp³-hybridized carbons (Fsp3) is 0.294. The van der Waals surface area contributed by atoms with Gasteiger partial charge in [0.05, 0.1) is 5.56 Å². The minimum atomic E-state index is -4.42. The van der Waals surface area contributed by atoms with Crippen molar-refractivity contribution < 1.29 is 32.9 Å². The van der Waals surface area contributed by atoms with Crippen LogP contribution in [-0.2, 0) is 6.18 Å². The zero-order valence-corrected chi connectivity index (χ0v) is 13.8. The van der Waals surface area contributed by atoms with E-state index in [1.807, 2.05) is 0 Å². The maximum atomic E-state index is 12.5. The number of ether oxygens (including phenoxy) is 1. The van der Waals surface area contributed by atoms with Crippen LogP contribution in [0.15, 0.2) is 42.5 Å². The van der Waals surface area contributed by atoms with Crippen LogP contribution in [0.3, 0.4) is 0 Å². The maximum Gasteiger partial charge on any atom is 0.416 e. The number of carbonyl (C=O) groups is 1. The Morgan fingerprint density at radius 1 is 1.23 bits per heavy atom. The molecule has 2 N–H and O–H groups in total. The first-order chi connectivity index (χ1) is 12.2. The van der Waals surface area contributed by atoms with Crippen molar-refractivity contribution in [2.24, 2.45) is 0 Å². The van der Waals surface area contributed by atoms with Crippen molar-refractivity contribution >= 4 is 11.8 Å². The third kappa shape index (κ3) is 5.35. The van der Waals surface area contributed by atoms with E-state index in [0.29, 0.717) is 5.82 Å². The quantitative estimate of drug-likeness (QED) is 0.780. The molecule has 0 aliphatic rings. The van der Waals surface area contributed by atoms with Crippen LogP contribution >= 0.6 is 0 Å². The average molecular weight is 370 g/mol. The fourth-order valence-electron chi connectivity index (χ4n) is 2.15. The van der Waals surface area contributed by atoms with Crippen molar-refractivity contribution in [3.05, 3.63) is 53.7 Å². The normalized spacial score (nSPS) is 12.5. The van der Waals surface area contributed by atoms with Gasteiger partial charge in [0.2, 0.25) is 0 Å². The number of carboxylic acids is 1. The summed E-state index contributed by atoms with van der Waals surface area (Å²) in [5, 5.41) is 18.9. The highest BCUT2D eigenvalue weighted by atomic mass is 19.4. The maximum absolute atomic E-state index is 12.5. The first-order valence-corrected chi connectivity index (χ1v) is 7.56. The number of carboxylic acid groups (broad SMARTS) is 1. The first kappa shape index (κ1) is 19.5. The Bertz CT molecular complexity index is 750. The number of rotatable bonds is 7. The number of alkyl halides is 3. The molecule has 0 fully saturated rings. The second-order valence-electron chi connectivity index (χ2n) is 5.55. The molecule has 0 aliphatic carbocycles. The number of aliphatic hydroxyl groups excluding tert-OH is 1. The summed E-state index contributed by atoms with van der Waals surface area (Å²) in [6.07, 6.45) is -5.38. The number of aliphatic hydroxyl groups is 1. The van der Waals surface area contributed by atoms with Gasteiger partial charge in [-0.2, -0.15) is 13.2 Å². The summed E-state index contributed by atoms with van der Waals surface area (Å²) in [5.41, 5.74) is -0.903. The van der Waals surface area contributed by atoms with Crippen LogP contribution in [0.25, 0.3) is 0 Å². The summed E-state index contributed by atoms with van der Waals surface area (Å²) in [7, 11) is 1.62. The summed E-state index contributed by atoms with van der Waals surface area (Å²) in [6.45, 7) is -0.0506. The molecule has 0 saturated carbocycles. The van der Waals surface area contributed by atoms with E-state index < -0.39 is 23.8 Å². The Kier molecular flexibility index (Phi) is 6.04. The van der Waals surface area contributed by atoms with Gasteiger partial charge in [-0.3, -0.25) is 0 Å². The van der Waals surface area contributed by atoms with Crippen molar-refractivity contribution in [3.63, 3.8) is 0 Å². The molecule has 2 aromatic rings. The van der Waals surface area contributed by atoms with E-state index >= 15 is 0 Å². The Hall–Kier alpha value is -2.81. The first-order valence-electron chi connectivity index (χ1n) is 7.56. The molecule has 0 amide bonds. The van der Waals surface area contributed by atoms with E-state index in [-0.39, 0.29) is 24.6 Å². The fourth-order valence-corrected chi connectivity index (χ4v) is 2.15. The van der Waals surface area contributed by atoms with Gasteiger partial charge in [0.1, 0.15) is 24.3 Å². The van der Waals surface area contributed by atoms with Crippen molar-refractivity contribution in [1.29, 1.82) is 0 Å². The van der Waals surface area contributed by atoms with Crippen molar-refractivity contribution in [1.82, 2.24) is 4.98 Å². The summed E-state index contributed by atoms with van der Waals surface area (Å²) in [5.74, 6) is -0.601.